The molecule has 3 aliphatic rings. The largest absolute Gasteiger partial charge is 0.0669 e. The van der Waals surface area contributed by atoms with Gasteiger partial charge >= 0.3 is 0 Å². The minimum atomic E-state index is 0.599. The van der Waals surface area contributed by atoms with E-state index >= 15 is 0 Å². The molecule has 3 saturated carbocycles. The van der Waals surface area contributed by atoms with Crippen molar-refractivity contribution in [3.8, 4) is 0 Å². The van der Waals surface area contributed by atoms with Crippen LogP contribution in [0.3, 0.4) is 0 Å². The van der Waals surface area contributed by atoms with Gasteiger partial charge in [-0.1, -0.05) is 57.9 Å². The zero-order chi connectivity index (χ0) is 15.9. The van der Waals surface area contributed by atoms with Crippen LogP contribution in [0.25, 0.3) is 0 Å². The molecule has 0 saturated heterocycles. The highest BCUT2D eigenvalue weighted by atomic mass is 14.5. The second-order valence-corrected chi connectivity index (χ2v) is 9.18. The fourth-order valence-electron chi connectivity index (χ4n) is 5.81. The van der Waals surface area contributed by atoms with Gasteiger partial charge in [0.25, 0.3) is 0 Å². The van der Waals surface area contributed by atoms with Gasteiger partial charge in [-0.05, 0) is 80.0 Å². The maximum absolute atomic E-state index is 2.57. The van der Waals surface area contributed by atoms with E-state index in [0.717, 1.165) is 29.6 Å². The van der Waals surface area contributed by atoms with Gasteiger partial charge in [0.2, 0.25) is 0 Å². The van der Waals surface area contributed by atoms with E-state index in [1.165, 1.54) is 44.9 Å². The fourth-order valence-corrected chi connectivity index (χ4v) is 5.81. The molecule has 0 aromatic carbocycles. The Morgan fingerprint density at radius 3 is 2.50 bits per heavy atom. The van der Waals surface area contributed by atoms with Gasteiger partial charge in [-0.2, -0.15) is 0 Å². The first-order chi connectivity index (χ1) is 10.4. The average Bonchev–Trinajstić information content (AvgIpc) is 2.77. The van der Waals surface area contributed by atoms with Gasteiger partial charge < -0.3 is 0 Å². The molecule has 0 radical (unpaired) electrons. The van der Waals surface area contributed by atoms with Gasteiger partial charge in [-0.25, -0.2) is 0 Å². The number of hydrogen-bond acceptors (Lipinski definition) is 0. The molecule has 3 fully saturated rings. The van der Waals surface area contributed by atoms with E-state index < -0.39 is 0 Å². The predicted octanol–water partition coefficient (Wildman–Crippen LogP) is 6.78. The Bertz CT molecular complexity index is 468. The molecule has 6 atom stereocenters. The van der Waals surface area contributed by atoms with Crippen molar-refractivity contribution in [2.45, 2.75) is 79.6 Å². The molecule has 22 heavy (non-hydrogen) atoms. The highest BCUT2D eigenvalue weighted by Gasteiger charge is 2.46. The second-order valence-electron chi connectivity index (χ2n) is 9.18. The lowest BCUT2D eigenvalue weighted by Gasteiger charge is -2.41. The van der Waals surface area contributed by atoms with Gasteiger partial charge in [-0.3, -0.25) is 0 Å². The summed E-state index contributed by atoms with van der Waals surface area (Å²) in [6.45, 7) is 12.4. The first-order valence-electron chi connectivity index (χ1n) is 9.81. The van der Waals surface area contributed by atoms with Crippen LogP contribution in [0.2, 0.25) is 0 Å². The van der Waals surface area contributed by atoms with Gasteiger partial charge in [0.15, 0.2) is 0 Å². The van der Waals surface area contributed by atoms with E-state index in [2.05, 4.69) is 46.8 Å². The summed E-state index contributed by atoms with van der Waals surface area (Å²) < 4.78 is 0. The summed E-state index contributed by atoms with van der Waals surface area (Å²) in [7, 11) is 0. The normalized spacial score (nSPS) is 49.6. The number of rotatable bonds is 1. The minimum Gasteiger partial charge on any atom is -0.0669 e. The van der Waals surface area contributed by atoms with Crippen LogP contribution in [0.5, 0.6) is 0 Å². The van der Waals surface area contributed by atoms with Crippen molar-refractivity contribution >= 4 is 0 Å². The zero-order valence-electron chi connectivity index (χ0n) is 15.5. The fraction of sp³-hybridized carbons (Fsp3) is 0.818. The van der Waals surface area contributed by atoms with Crippen molar-refractivity contribution in [3.05, 3.63) is 23.3 Å². The molecule has 3 aliphatic carbocycles. The van der Waals surface area contributed by atoms with Crippen LogP contribution in [0.15, 0.2) is 23.3 Å². The van der Waals surface area contributed by atoms with Crippen molar-refractivity contribution in [1.29, 1.82) is 0 Å². The SMILES string of the molecule is CC1CCC2C(=CC=C3C[C@@H](C)C[C@H](C)[C@H]3C)CCCC12C. The molecule has 3 unspecified atom stereocenters. The van der Waals surface area contributed by atoms with Crippen molar-refractivity contribution in [2.75, 3.05) is 0 Å². The molecule has 124 valence electrons. The van der Waals surface area contributed by atoms with Crippen LogP contribution >= 0.6 is 0 Å². The second kappa shape index (κ2) is 6.17. The number of allylic oxidation sites excluding steroid dienone is 4. The summed E-state index contributed by atoms with van der Waals surface area (Å²) in [5.74, 6) is 4.31. The Morgan fingerprint density at radius 2 is 1.73 bits per heavy atom. The molecule has 0 aromatic rings. The number of hydrogen-bond donors (Lipinski definition) is 0. The summed E-state index contributed by atoms with van der Waals surface area (Å²) >= 11 is 0. The Kier molecular flexibility index (Phi) is 4.59. The highest BCUT2D eigenvalue weighted by molar-refractivity contribution is 5.26. The highest BCUT2D eigenvalue weighted by Crippen LogP contribution is 2.57. The molecule has 0 heterocycles. The molecule has 0 amide bonds. The van der Waals surface area contributed by atoms with Crippen LogP contribution in [0.1, 0.15) is 79.6 Å². The molecule has 0 N–H and O–H groups in total. The molecule has 0 aliphatic heterocycles. The van der Waals surface area contributed by atoms with Crippen molar-refractivity contribution in [2.24, 2.45) is 35.0 Å². The van der Waals surface area contributed by atoms with Crippen molar-refractivity contribution in [1.82, 2.24) is 0 Å². The third-order valence-electron chi connectivity index (χ3n) is 7.75. The summed E-state index contributed by atoms with van der Waals surface area (Å²) in [5, 5.41) is 0. The van der Waals surface area contributed by atoms with Gasteiger partial charge in [0, 0.05) is 0 Å². The van der Waals surface area contributed by atoms with Gasteiger partial charge in [0.05, 0.1) is 0 Å². The maximum atomic E-state index is 2.57. The quantitative estimate of drug-likeness (QED) is 0.501. The molecule has 3 rings (SSSR count). The lowest BCUT2D eigenvalue weighted by molar-refractivity contribution is 0.147. The molecule has 0 spiro atoms. The molecule has 0 bridgehead atoms. The first-order valence-corrected chi connectivity index (χ1v) is 9.81. The minimum absolute atomic E-state index is 0.599. The Labute approximate surface area is 138 Å². The van der Waals surface area contributed by atoms with Crippen LogP contribution in [-0.4, -0.2) is 0 Å². The van der Waals surface area contributed by atoms with E-state index in [4.69, 9.17) is 0 Å². The topological polar surface area (TPSA) is 0 Å². The standard InChI is InChI=1S/C22H36/c1-15-13-16(2)18(4)20(14-15)10-9-19-7-6-12-22(5)17(3)8-11-21(19)22/h9-10,15-18,21H,6-8,11-14H2,1-5H3/t15-,16-,17?,18+,21?,22?/m0/s1. The maximum Gasteiger partial charge on any atom is -0.0143 e. The molecule has 0 heteroatoms. The lowest BCUT2D eigenvalue weighted by Crippen LogP contribution is -2.32. The van der Waals surface area contributed by atoms with Gasteiger partial charge in [-0.15, -0.1) is 0 Å². The summed E-state index contributed by atoms with van der Waals surface area (Å²) in [6, 6.07) is 0. The Hall–Kier alpha value is -0.520. The molecule has 0 aromatic heterocycles. The third kappa shape index (κ3) is 2.83. The van der Waals surface area contributed by atoms with Crippen LogP contribution in [-0.2, 0) is 0 Å². The van der Waals surface area contributed by atoms with Crippen molar-refractivity contribution < 1.29 is 0 Å². The Balaban J connectivity index is 1.81. The first kappa shape index (κ1) is 16.3. The van der Waals surface area contributed by atoms with Crippen LogP contribution in [0.4, 0.5) is 0 Å². The summed E-state index contributed by atoms with van der Waals surface area (Å²) in [5.41, 5.74) is 4.10. The van der Waals surface area contributed by atoms with Crippen molar-refractivity contribution in [3.63, 3.8) is 0 Å². The molecule has 0 nitrogen and oxygen atoms in total. The van der Waals surface area contributed by atoms with Crippen LogP contribution < -0.4 is 0 Å². The molecular formula is C22H36. The smallest absolute Gasteiger partial charge is 0.0143 e. The lowest BCUT2D eigenvalue weighted by atomic mass is 9.64. The zero-order valence-corrected chi connectivity index (χ0v) is 15.5. The summed E-state index contributed by atoms with van der Waals surface area (Å²) in [6.07, 6.45) is 15.0. The molecular weight excluding hydrogens is 264 g/mol. The average molecular weight is 301 g/mol. The predicted molar refractivity (Wildman–Crippen MR) is 96.7 cm³/mol. The van der Waals surface area contributed by atoms with E-state index in [0.29, 0.717) is 5.41 Å². The van der Waals surface area contributed by atoms with E-state index in [1.54, 1.807) is 11.1 Å². The number of fused-ring (bicyclic) bond motifs is 1. The van der Waals surface area contributed by atoms with E-state index in [-0.39, 0.29) is 0 Å². The van der Waals surface area contributed by atoms with Gasteiger partial charge in [0.1, 0.15) is 0 Å². The monoisotopic (exact) mass is 300 g/mol. The van der Waals surface area contributed by atoms with Crippen LogP contribution in [0, 0.1) is 35.0 Å². The van der Waals surface area contributed by atoms with E-state index in [9.17, 15) is 0 Å². The van der Waals surface area contributed by atoms with E-state index in [1.807, 2.05) is 0 Å². The summed E-state index contributed by atoms with van der Waals surface area (Å²) in [4.78, 5) is 0. The third-order valence-corrected chi connectivity index (χ3v) is 7.75. The Morgan fingerprint density at radius 1 is 1.00 bits per heavy atom.